The van der Waals surface area contributed by atoms with Crippen LogP contribution in [-0.4, -0.2) is 18.3 Å². The quantitative estimate of drug-likeness (QED) is 0.788. The first-order valence-corrected chi connectivity index (χ1v) is 7.79. The van der Waals surface area contributed by atoms with E-state index in [4.69, 9.17) is 9.84 Å². The van der Waals surface area contributed by atoms with Gasteiger partial charge in [-0.15, -0.1) is 0 Å². The van der Waals surface area contributed by atoms with Crippen LogP contribution in [0.5, 0.6) is 5.75 Å². The van der Waals surface area contributed by atoms with Crippen molar-refractivity contribution in [2.24, 2.45) is 0 Å². The van der Waals surface area contributed by atoms with Crippen LogP contribution in [0.15, 0.2) is 53.4 Å². The molecule has 0 unspecified atom stereocenters. The Labute approximate surface area is 135 Å². The minimum atomic E-state index is -0.230. The smallest absolute Gasteiger partial charge is 0.123 e. The molecule has 0 atom stereocenters. The Bertz CT molecular complexity index is 547. The molecule has 5 heteroatoms. The summed E-state index contributed by atoms with van der Waals surface area (Å²) in [5.41, 5.74) is 0.949. The summed E-state index contributed by atoms with van der Waals surface area (Å²) < 4.78 is 21.8. The van der Waals surface area contributed by atoms with Crippen molar-refractivity contribution in [2.75, 3.05) is 7.11 Å². The standard InChI is InChI=1S/C16H18FNOS.CH4O/c1-12(2)18-20-16-5-3-4-15(10-16)19-11-13-6-8-14(17)9-7-13;1-2/h3-10,12,18H,11H2,1-2H3;2H,1H3. The zero-order valence-corrected chi connectivity index (χ0v) is 13.9. The number of hydrogen-bond acceptors (Lipinski definition) is 4. The maximum absolute atomic E-state index is 12.8. The second-order valence-electron chi connectivity index (χ2n) is 4.76. The molecule has 0 radical (unpaired) electrons. The molecule has 3 nitrogen and oxygen atoms in total. The summed E-state index contributed by atoms with van der Waals surface area (Å²) in [6.45, 7) is 4.63. The lowest BCUT2D eigenvalue weighted by atomic mass is 10.2. The van der Waals surface area contributed by atoms with Crippen LogP contribution in [0.2, 0.25) is 0 Å². The number of aliphatic hydroxyl groups excluding tert-OH is 1. The van der Waals surface area contributed by atoms with Crippen LogP contribution in [-0.2, 0) is 6.61 Å². The Kier molecular flexibility index (Phi) is 8.58. The predicted octanol–water partition coefficient (Wildman–Crippen LogP) is 4.02. The van der Waals surface area contributed by atoms with E-state index in [-0.39, 0.29) is 5.82 Å². The molecule has 0 aromatic heterocycles. The predicted molar refractivity (Wildman–Crippen MR) is 89.4 cm³/mol. The molecule has 0 aliphatic rings. The Morgan fingerprint density at radius 2 is 1.82 bits per heavy atom. The highest BCUT2D eigenvalue weighted by Crippen LogP contribution is 2.22. The van der Waals surface area contributed by atoms with Gasteiger partial charge in [-0.2, -0.15) is 0 Å². The number of ether oxygens (including phenoxy) is 1. The fraction of sp³-hybridized carbons (Fsp3) is 0.294. The summed E-state index contributed by atoms with van der Waals surface area (Å²) in [4.78, 5) is 1.11. The molecule has 2 N–H and O–H groups in total. The first-order valence-electron chi connectivity index (χ1n) is 6.98. The van der Waals surface area contributed by atoms with Gasteiger partial charge in [-0.3, -0.25) is 4.72 Å². The van der Waals surface area contributed by atoms with Gasteiger partial charge in [0.05, 0.1) is 0 Å². The van der Waals surface area contributed by atoms with Gasteiger partial charge < -0.3 is 9.84 Å². The molecule has 0 saturated carbocycles. The maximum atomic E-state index is 12.8. The molecule has 120 valence electrons. The zero-order valence-electron chi connectivity index (χ0n) is 13.0. The molecule has 0 saturated heterocycles. The maximum Gasteiger partial charge on any atom is 0.123 e. The average molecular weight is 323 g/mol. The molecule has 2 rings (SSSR count). The van der Waals surface area contributed by atoms with E-state index in [1.54, 1.807) is 24.1 Å². The Balaban J connectivity index is 0.00000116. The van der Waals surface area contributed by atoms with E-state index >= 15 is 0 Å². The molecule has 0 fully saturated rings. The van der Waals surface area contributed by atoms with E-state index in [1.165, 1.54) is 12.1 Å². The van der Waals surface area contributed by atoms with Crippen molar-refractivity contribution < 1.29 is 14.2 Å². The molecule has 0 heterocycles. The van der Waals surface area contributed by atoms with Crippen LogP contribution >= 0.6 is 11.9 Å². The Morgan fingerprint density at radius 1 is 1.14 bits per heavy atom. The van der Waals surface area contributed by atoms with Crippen molar-refractivity contribution in [1.29, 1.82) is 0 Å². The first-order chi connectivity index (χ1) is 10.6. The third-order valence-electron chi connectivity index (χ3n) is 2.54. The third-order valence-corrected chi connectivity index (χ3v) is 3.62. The van der Waals surface area contributed by atoms with Crippen molar-refractivity contribution in [3.8, 4) is 5.75 Å². The first kappa shape index (κ1) is 18.5. The number of rotatable bonds is 6. The van der Waals surface area contributed by atoms with Crippen LogP contribution in [0.25, 0.3) is 0 Å². The second kappa shape index (κ2) is 10.2. The van der Waals surface area contributed by atoms with E-state index in [9.17, 15) is 4.39 Å². The molecule has 0 aliphatic carbocycles. The van der Waals surface area contributed by atoms with E-state index in [0.29, 0.717) is 12.6 Å². The van der Waals surface area contributed by atoms with Gasteiger partial charge >= 0.3 is 0 Å². The number of hydrogen-bond donors (Lipinski definition) is 2. The zero-order chi connectivity index (χ0) is 16.4. The van der Waals surface area contributed by atoms with Crippen molar-refractivity contribution >= 4 is 11.9 Å². The monoisotopic (exact) mass is 323 g/mol. The van der Waals surface area contributed by atoms with E-state index in [1.807, 2.05) is 24.3 Å². The Hall–Kier alpha value is -1.56. The van der Waals surface area contributed by atoms with Crippen molar-refractivity contribution in [2.45, 2.75) is 31.4 Å². The van der Waals surface area contributed by atoms with Gasteiger partial charge in [0.1, 0.15) is 18.2 Å². The Morgan fingerprint density at radius 3 is 2.45 bits per heavy atom. The summed E-state index contributed by atoms with van der Waals surface area (Å²) in [5, 5.41) is 7.00. The number of nitrogens with one attached hydrogen (secondary N) is 1. The summed E-state index contributed by atoms with van der Waals surface area (Å²) in [7, 11) is 1.00. The normalized spacial score (nSPS) is 10.1. The fourth-order valence-electron chi connectivity index (χ4n) is 1.56. The molecule has 0 bridgehead atoms. The topological polar surface area (TPSA) is 41.5 Å². The fourth-order valence-corrected chi connectivity index (χ4v) is 2.25. The van der Waals surface area contributed by atoms with Gasteiger partial charge in [-0.1, -0.05) is 18.2 Å². The number of aliphatic hydroxyl groups is 1. The van der Waals surface area contributed by atoms with Crippen molar-refractivity contribution in [1.82, 2.24) is 4.72 Å². The summed E-state index contributed by atoms with van der Waals surface area (Å²) >= 11 is 1.59. The highest BCUT2D eigenvalue weighted by Gasteiger charge is 2.00. The van der Waals surface area contributed by atoms with Crippen LogP contribution in [0.4, 0.5) is 4.39 Å². The molecule has 2 aromatic rings. The van der Waals surface area contributed by atoms with Gasteiger partial charge in [0, 0.05) is 18.0 Å². The lowest BCUT2D eigenvalue weighted by Gasteiger charge is -2.10. The molecule has 0 spiro atoms. The number of benzene rings is 2. The molecular weight excluding hydrogens is 301 g/mol. The lowest BCUT2D eigenvalue weighted by Crippen LogP contribution is -2.13. The van der Waals surface area contributed by atoms with E-state index < -0.39 is 0 Å². The van der Waals surface area contributed by atoms with Gasteiger partial charge in [-0.25, -0.2) is 4.39 Å². The average Bonchev–Trinajstić information content (AvgIpc) is 2.55. The van der Waals surface area contributed by atoms with Crippen LogP contribution < -0.4 is 9.46 Å². The minimum Gasteiger partial charge on any atom is -0.489 e. The van der Waals surface area contributed by atoms with E-state index in [0.717, 1.165) is 23.3 Å². The van der Waals surface area contributed by atoms with Gasteiger partial charge in [0.2, 0.25) is 0 Å². The van der Waals surface area contributed by atoms with Crippen molar-refractivity contribution in [3.63, 3.8) is 0 Å². The van der Waals surface area contributed by atoms with Gasteiger partial charge in [0.25, 0.3) is 0 Å². The molecule has 2 aromatic carbocycles. The lowest BCUT2D eigenvalue weighted by molar-refractivity contribution is 0.305. The summed E-state index contributed by atoms with van der Waals surface area (Å²) in [6.07, 6.45) is 0. The SMILES string of the molecule is CC(C)NSc1cccc(OCc2ccc(F)cc2)c1.CO. The van der Waals surface area contributed by atoms with Crippen LogP contribution in [0.1, 0.15) is 19.4 Å². The molecule has 22 heavy (non-hydrogen) atoms. The van der Waals surface area contributed by atoms with Crippen LogP contribution in [0.3, 0.4) is 0 Å². The molecule has 0 aliphatic heterocycles. The van der Waals surface area contributed by atoms with Gasteiger partial charge in [-0.05, 0) is 61.7 Å². The minimum absolute atomic E-state index is 0.230. The second-order valence-corrected chi connectivity index (χ2v) is 5.68. The van der Waals surface area contributed by atoms with Crippen molar-refractivity contribution in [3.05, 3.63) is 59.9 Å². The largest absolute Gasteiger partial charge is 0.489 e. The van der Waals surface area contributed by atoms with E-state index in [2.05, 4.69) is 18.6 Å². The summed E-state index contributed by atoms with van der Waals surface area (Å²) in [5.74, 6) is 0.580. The summed E-state index contributed by atoms with van der Waals surface area (Å²) in [6, 6.07) is 14.7. The molecule has 0 amide bonds. The highest BCUT2D eigenvalue weighted by atomic mass is 32.2. The third kappa shape index (κ3) is 6.93. The highest BCUT2D eigenvalue weighted by molar-refractivity contribution is 7.97. The number of halogens is 1. The van der Waals surface area contributed by atoms with Gasteiger partial charge in [0.15, 0.2) is 0 Å². The van der Waals surface area contributed by atoms with Crippen LogP contribution in [0, 0.1) is 5.82 Å². The molecular formula is C17H22FNO2S.